The molecule has 0 saturated carbocycles. The average molecular weight is 458 g/mol. The predicted molar refractivity (Wildman–Crippen MR) is 99.7 cm³/mol. The van der Waals surface area contributed by atoms with Gasteiger partial charge in [-0.05, 0) is 35.7 Å². The van der Waals surface area contributed by atoms with Gasteiger partial charge in [0.05, 0.1) is 21.2 Å². The Morgan fingerprint density at radius 3 is 2.48 bits per heavy atom. The third kappa shape index (κ3) is 6.11. The van der Waals surface area contributed by atoms with Crippen LogP contribution in [-0.2, 0) is 0 Å². The Hall–Kier alpha value is -1.13. The van der Waals surface area contributed by atoms with Crippen molar-refractivity contribution in [2.45, 2.75) is 13.8 Å². The molecule has 0 heterocycles. The lowest BCUT2D eigenvalue weighted by Gasteiger charge is -2.18. The number of hydrogen-bond acceptors (Lipinski definition) is 5. The second-order valence-corrected chi connectivity index (χ2v) is 5.71. The van der Waals surface area contributed by atoms with E-state index < -0.39 is 4.92 Å². The molecule has 7 nitrogen and oxygen atoms in total. The molecule has 1 amide bonds. The smallest absolute Gasteiger partial charge is 0.283 e. The van der Waals surface area contributed by atoms with Crippen molar-refractivity contribution in [3.05, 3.63) is 31.4 Å². The van der Waals surface area contributed by atoms with Crippen LogP contribution in [0, 0.1) is 13.7 Å². The summed E-state index contributed by atoms with van der Waals surface area (Å²) in [7, 11) is 1.43. The predicted octanol–water partition coefficient (Wildman–Crippen LogP) is 2.70. The first-order chi connectivity index (χ1) is 10.4. The molecule has 130 valence electrons. The number of nitro benzene ring substituents is 1. The van der Waals surface area contributed by atoms with Crippen LogP contribution in [0.3, 0.4) is 0 Å². The highest BCUT2D eigenvalue weighted by molar-refractivity contribution is 14.1. The summed E-state index contributed by atoms with van der Waals surface area (Å²) in [5.41, 5.74) is 0.0736. The van der Waals surface area contributed by atoms with Crippen LogP contribution in [0.25, 0.3) is 0 Å². The monoisotopic (exact) mass is 457 g/mol. The van der Waals surface area contributed by atoms with Gasteiger partial charge in [-0.25, -0.2) is 0 Å². The molecule has 1 rings (SSSR count). The van der Waals surface area contributed by atoms with E-state index >= 15 is 0 Å². The molecule has 0 unspecified atom stereocenters. The fourth-order valence-electron chi connectivity index (χ4n) is 1.99. The Bertz CT molecular complexity index is 553. The summed E-state index contributed by atoms with van der Waals surface area (Å²) in [6.07, 6.45) is 0. The Labute approximate surface area is 155 Å². The van der Waals surface area contributed by atoms with Crippen LogP contribution in [0.4, 0.5) is 5.69 Å². The number of halogens is 2. The number of carbonyl (C=O) groups is 1. The number of likely N-dealkylation sites (N-methyl/N-ethyl adjacent to an activating group) is 1. The first-order valence-electron chi connectivity index (χ1n) is 6.97. The SMILES string of the molecule is CCN(CC)CCNC(=O)c1cc([N+](=O)[O-])c(I)cc1OC.Cl. The van der Waals surface area contributed by atoms with Crippen molar-refractivity contribution >= 4 is 46.6 Å². The number of methoxy groups -OCH3 is 1. The van der Waals surface area contributed by atoms with E-state index in [0.29, 0.717) is 15.9 Å². The van der Waals surface area contributed by atoms with E-state index in [4.69, 9.17) is 4.74 Å². The number of amides is 1. The summed E-state index contributed by atoms with van der Waals surface area (Å²) in [6, 6.07) is 2.76. The van der Waals surface area contributed by atoms with E-state index in [0.717, 1.165) is 19.6 Å². The molecule has 0 spiro atoms. The lowest BCUT2D eigenvalue weighted by atomic mass is 10.1. The Morgan fingerprint density at radius 2 is 2.00 bits per heavy atom. The van der Waals surface area contributed by atoms with Gasteiger partial charge in [-0.1, -0.05) is 13.8 Å². The Kier molecular flexibility index (Phi) is 10.1. The number of hydrogen-bond donors (Lipinski definition) is 1. The van der Waals surface area contributed by atoms with Crippen LogP contribution in [0.2, 0.25) is 0 Å². The zero-order chi connectivity index (χ0) is 16.7. The van der Waals surface area contributed by atoms with Crippen molar-refractivity contribution in [2.24, 2.45) is 0 Å². The molecular formula is C14H21ClIN3O4. The molecule has 0 aliphatic rings. The molecule has 1 aromatic carbocycles. The summed E-state index contributed by atoms with van der Waals surface area (Å²) in [6.45, 7) is 7.13. The molecule has 0 fully saturated rings. The maximum atomic E-state index is 12.2. The zero-order valence-corrected chi connectivity index (χ0v) is 16.3. The lowest BCUT2D eigenvalue weighted by Crippen LogP contribution is -2.35. The van der Waals surface area contributed by atoms with Gasteiger partial charge in [-0.3, -0.25) is 14.9 Å². The van der Waals surface area contributed by atoms with Gasteiger partial charge < -0.3 is 15.0 Å². The largest absolute Gasteiger partial charge is 0.496 e. The molecule has 0 saturated heterocycles. The molecule has 0 radical (unpaired) electrons. The highest BCUT2D eigenvalue weighted by atomic mass is 127. The fraction of sp³-hybridized carbons (Fsp3) is 0.500. The van der Waals surface area contributed by atoms with Gasteiger partial charge in [0.1, 0.15) is 5.75 Å². The summed E-state index contributed by atoms with van der Waals surface area (Å²) in [5.74, 6) is -0.0427. The number of ether oxygens (including phenoxy) is 1. The van der Waals surface area contributed by atoms with Gasteiger partial charge in [0, 0.05) is 25.2 Å². The fourth-order valence-corrected chi connectivity index (χ4v) is 2.63. The first-order valence-corrected chi connectivity index (χ1v) is 8.04. The van der Waals surface area contributed by atoms with Gasteiger partial charge in [0.25, 0.3) is 11.6 Å². The summed E-state index contributed by atoms with van der Waals surface area (Å²) >= 11 is 1.85. The molecule has 0 aromatic heterocycles. The summed E-state index contributed by atoms with van der Waals surface area (Å²) in [5, 5.41) is 13.8. The van der Waals surface area contributed by atoms with E-state index in [1.54, 1.807) is 0 Å². The molecule has 0 bridgehead atoms. The summed E-state index contributed by atoms with van der Waals surface area (Å²) in [4.78, 5) is 24.9. The van der Waals surface area contributed by atoms with Crippen molar-refractivity contribution in [1.29, 1.82) is 0 Å². The number of nitrogens with zero attached hydrogens (tertiary/aromatic N) is 2. The van der Waals surface area contributed by atoms with Gasteiger partial charge >= 0.3 is 0 Å². The number of rotatable bonds is 8. The Balaban J connectivity index is 0.00000484. The standard InChI is InChI=1S/C14H20IN3O4.ClH/c1-4-17(5-2)7-6-16-14(19)10-8-12(18(20)21)11(15)9-13(10)22-3;/h8-9H,4-7H2,1-3H3,(H,16,19);1H. The van der Waals surface area contributed by atoms with Gasteiger partial charge in [-0.15, -0.1) is 12.4 Å². The number of nitro groups is 1. The first kappa shape index (κ1) is 21.9. The van der Waals surface area contributed by atoms with Crippen LogP contribution in [0.1, 0.15) is 24.2 Å². The normalized spacial score (nSPS) is 10.1. The van der Waals surface area contributed by atoms with Crippen molar-refractivity contribution < 1.29 is 14.5 Å². The van der Waals surface area contributed by atoms with Crippen LogP contribution in [-0.4, -0.2) is 49.0 Å². The average Bonchev–Trinajstić information content (AvgIpc) is 2.50. The van der Waals surface area contributed by atoms with Crippen LogP contribution < -0.4 is 10.1 Å². The maximum absolute atomic E-state index is 12.2. The third-order valence-electron chi connectivity index (χ3n) is 3.32. The van der Waals surface area contributed by atoms with Gasteiger partial charge in [0.2, 0.25) is 0 Å². The van der Waals surface area contributed by atoms with Crippen molar-refractivity contribution in [3.63, 3.8) is 0 Å². The molecule has 0 aliphatic carbocycles. The maximum Gasteiger partial charge on any atom is 0.283 e. The zero-order valence-electron chi connectivity index (χ0n) is 13.3. The molecule has 1 N–H and O–H groups in total. The van der Waals surface area contributed by atoms with Gasteiger partial charge in [-0.2, -0.15) is 0 Å². The highest BCUT2D eigenvalue weighted by Crippen LogP contribution is 2.29. The summed E-state index contributed by atoms with van der Waals surface area (Å²) < 4.78 is 5.58. The van der Waals surface area contributed by atoms with Gasteiger partial charge in [0.15, 0.2) is 0 Å². The number of benzene rings is 1. The molecule has 9 heteroatoms. The van der Waals surface area contributed by atoms with Crippen LogP contribution in [0.15, 0.2) is 12.1 Å². The number of nitrogens with one attached hydrogen (secondary N) is 1. The van der Waals surface area contributed by atoms with E-state index in [1.807, 2.05) is 22.6 Å². The van der Waals surface area contributed by atoms with Crippen molar-refractivity contribution in [2.75, 3.05) is 33.3 Å². The molecular weight excluding hydrogens is 437 g/mol. The minimum absolute atomic E-state index is 0. The molecule has 23 heavy (non-hydrogen) atoms. The highest BCUT2D eigenvalue weighted by Gasteiger charge is 2.21. The molecule has 0 atom stereocenters. The topological polar surface area (TPSA) is 84.7 Å². The second kappa shape index (κ2) is 10.6. The van der Waals surface area contributed by atoms with E-state index in [1.165, 1.54) is 19.2 Å². The minimum Gasteiger partial charge on any atom is -0.496 e. The third-order valence-corrected chi connectivity index (χ3v) is 4.18. The Morgan fingerprint density at radius 1 is 1.39 bits per heavy atom. The van der Waals surface area contributed by atoms with Crippen molar-refractivity contribution in [1.82, 2.24) is 10.2 Å². The minimum atomic E-state index is -0.506. The van der Waals surface area contributed by atoms with E-state index in [-0.39, 0.29) is 29.6 Å². The number of carbonyl (C=O) groups excluding carboxylic acids is 1. The van der Waals surface area contributed by atoms with Crippen LogP contribution >= 0.6 is 35.0 Å². The quantitative estimate of drug-likeness (QED) is 0.369. The van der Waals surface area contributed by atoms with E-state index in [2.05, 4.69) is 24.1 Å². The van der Waals surface area contributed by atoms with Crippen molar-refractivity contribution in [3.8, 4) is 5.75 Å². The van der Waals surface area contributed by atoms with E-state index in [9.17, 15) is 14.9 Å². The molecule has 1 aromatic rings. The lowest BCUT2D eigenvalue weighted by molar-refractivity contribution is -0.385. The van der Waals surface area contributed by atoms with Crippen LogP contribution in [0.5, 0.6) is 5.75 Å². The molecule has 0 aliphatic heterocycles. The second-order valence-electron chi connectivity index (χ2n) is 4.54.